The molecule has 94 valence electrons. The fourth-order valence-corrected chi connectivity index (χ4v) is 2.44. The van der Waals surface area contributed by atoms with Gasteiger partial charge in [0.25, 0.3) is 0 Å². The van der Waals surface area contributed by atoms with Crippen molar-refractivity contribution < 1.29 is 13.2 Å². The summed E-state index contributed by atoms with van der Waals surface area (Å²) >= 11 is 0. The zero-order valence-corrected chi connectivity index (χ0v) is 9.96. The van der Waals surface area contributed by atoms with Gasteiger partial charge in [0.1, 0.15) is 11.3 Å². The van der Waals surface area contributed by atoms with E-state index < -0.39 is 21.2 Å². The van der Waals surface area contributed by atoms with Crippen LogP contribution >= 0.6 is 0 Å². The van der Waals surface area contributed by atoms with Gasteiger partial charge in [0.05, 0.1) is 0 Å². The summed E-state index contributed by atoms with van der Waals surface area (Å²) in [5.41, 5.74) is -0.0269. The van der Waals surface area contributed by atoms with Gasteiger partial charge in [-0.2, -0.15) is 5.26 Å². The molecule has 2 heterocycles. The Kier molecular flexibility index (Phi) is 2.98. The van der Waals surface area contributed by atoms with Crippen LogP contribution in [0.25, 0.3) is 0 Å². The maximum atomic E-state index is 11.7. The molecule has 1 unspecified atom stereocenters. The Morgan fingerprint density at radius 1 is 1.44 bits per heavy atom. The predicted molar refractivity (Wildman–Crippen MR) is 60.6 cm³/mol. The second-order valence-corrected chi connectivity index (χ2v) is 5.60. The lowest BCUT2D eigenvalue weighted by molar-refractivity contribution is -0.117. The summed E-state index contributed by atoms with van der Waals surface area (Å²) in [4.78, 5) is 20.5. The van der Waals surface area contributed by atoms with E-state index in [0.717, 1.165) is 4.90 Å². The van der Waals surface area contributed by atoms with Crippen LogP contribution in [0.15, 0.2) is 12.4 Å². The number of anilines is 1. The zero-order valence-electron chi connectivity index (χ0n) is 9.15. The first-order valence-electron chi connectivity index (χ1n) is 4.96. The Morgan fingerprint density at radius 3 is 2.67 bits per heavy atom. The highest BCUT2D eigenvalue weighted by atomic mass is 32.2. The molecule has 1 aromatic rings. The molecule has 1 aliphatic heterocycles. The maximum Gasteiger partial charge on any atom is 0.229 e. The molecule has 0 saturated carbocycles. The lowest BCUT2D eigenvalue weighted by Crippen LogP contribution is -2.32. The van der Waals surface area contributed by atoms with Crippen molar-refractivity contribution in [2.24, 2.45) is 5.14 Å². The number of primary sulfonamides is 1. The third kappa shape index (κ3) is 2.15. The molecule has 1 amide bonds. The van der Waals surface area contributed by atoms with Gasteiger partial charge in [0.2, 0.25) is 15.9 Å². The van der Waals surface area contributed by atoms with Crippen LogP contribution in [-0.4, -0.2) is 36.1 Å². The van der Waals surface area contributed by atoms with Crippen molar-refractivity contribution in [2.75, 3.05) is 11.4 Å². The Morgan fingerprint density at radius 2 is 2.11 bits per heavy atom. The fraction of sp³-hybridized carbons (Fsp3) is 0.333. The van der Waals surface area contributed by atoms with Crippen molar-refractivity contribution in [3.05, 3.63) is 18.1 Å². The number of hydrogen-bond acceptors (Lipinski definition) is 6. The van der Waals surface area contributed by atoms with Crippen LogP contribution in [-0.2, 0) is 14.8 Å². The van der Waals surface area contributed by atoms with Gasteiger partial charge in [-0.3, -0.25) is 9.69 Å². The van der Waals surface area contributed by atoms with Crippen LogP contribution in [0.1, 0.15) is 12.1 Å². The molecule has 18 heavy (non-hydrogen) atoms. The first-order chi connectivity index (χ1) is 8.43. The van der Waals surface area contributed by atoms with Crippen LogP contribution in [0.2, 0.25) is 0 Å². The number of nitriles is 1. The van der Waals surface area contributed by atoms with E-state index in [4.69, 9.17) is 10.4 Å². The minimum Gasteiger partial charge on any atom is -0.293 e. The molecule has 8 nitrogen and oxygen atoms in total. The quantitative estimate of drug-likeness (QED) is 0.711. The van der Waals surface area contributed by atoms with E-state index in [2.05, 4.69) is 9.97 Å². The van der Waals surface area contributed by atoms with Crippen molar-refractivity contribution in [1.82, 2.24) is 9.97 Å². The zero-order chi connectivity index (χ0) is 13.3. The summed E-state index contributed by atoms with van der Waals surface area (Å²) in [6.07, 6.45) is 2.44. The van der Waals surface area contributed by atoms with Gasteiger partial charge in [-0.1, -0.05) is 0 Å². The first-order valence-corrected chi connectivity index (χ1v) is 6.57. The largest absolute Gasteiger partial charge is 0.293 e. The van der Waals surface area contributed by atoms with Crippen LogP contribution in [0.3, 0.4) is 0 Å². The number of nitrogens with zero attached hydrogens (tertiary/aromatic N) is 4. The van der Waals surface area contributed by atoms with Crippen molar-refractivity contribution in [2.45, 2.75) is 11.7 Å². The molecule has 2 rings (SSSR count). The predicted octanol–water partition coefficient (Wildman–Crippen LogP) is -1.26. The molecule has 9 heteroatoms. The average molecular weight is 267 g/mol. The number of rotatable bonds is 2. The number of aromatic nitrogens is 2. The van der Waals surface area contributed by atoms with Gasteiger partial charge >= 0.3 is 0 Å². The number of nitrogens with two attached hydrogens (primary N) is 1. The van der Waals surface area contributed by atoms with E-state index in [1.165, 1.54) is 12.4 Å². The van der Waals surface area contributed by atoms with Gasteiger partial charge < -0.3 is 0 Å². The molecule has 0 radical (unpaired) electrons. The number of sulfonamides is 1. The molecule has 1 aliphatic rings. The lowest BCUT2D eigenvalue weighted by Gasteiger charge is -2.15. The highest BCUT2D eigenvalue weighted by Crippen LogP contribution is 2.23. The van der Waals surface area contributed by atoms with Crippen molar-refractivity contribution >= 4 is 21.7 Å². The third-order valence-corrected chi connectivity index (χ3v) is 3.84. The SMILES string of the molecule is N#Cc1nccnc1N1CC(S(N)(=O)=O)CC1=O. The molecule has 1 fully saturated rings. The monoisotopic (exact) mass is 267 g/mol. The molecule has 0 spiro atoms. The summed E-state index contributed by atoms with van der Waals surface area (Å²) in [7, 11) is -3.79. The summed E-state index contributed by atoms with van der Waals surface area (Å²) in [6.45, 7) is -0.106. The van der Waals surface area contributed by atoms with Crippen molar-refractivity contribution in [3.8, 4) is 6.07 Å². The van der Waals surface area contributed by atoms with Crippen LogP contribution in [0, 0.1) is 11.3 Å². The smallest absolute Gasteiger partial charge is 0.229 e. The topological polar surface area (TPSA) is 130 Å². The van der Waals surface area contributed by atoms with Crippen molar-refractivity contribution in [1.29, 1.82) is 5.26 Å². The van der Waals surface area contributed by atoms with E-state index in [0.29, 0.717) is 0 Å². The van der Waals surface area contributed by atoms with E-state index in [-0.39, 0.29) is 24.5 Å². The van der Waals surface area contributed by atoms with Gasteiger partial charge in [-0.05, 0) is 0 Å². The highest BCUT2D eigenvalue weighted by molar-refractivity contribution is 7.89. The fourth-order valence-electron chi connectivity index (χ4n) is 1.71. The summed E-state index contributed by atoms with van der Waals surface area (Å²) in [5.74, 6) is -0.373. The van der Waals surface area contributed by atoms with Crippen molar-refractivity contribution in [3.63, 3.8) is 0 Å². The molecule has 1 aromatic heterocycles. The molecule has 1 saturated heterocycles. The Hall–Kier alpha value is -2.05. The maximum absolute atomic E-state index is 11.7. The van der Waals surface area contributed by atoms with Crippen LogP contribution < -0.4 is 10.0 Å². The van der Waals surface area contributed by atoms with Gasteiger partial charge in [0, 0.05) is 25.4 Å². The Bertz CT molecular complexity index is 636. The summed E-state index contributed by atoms with van der Waals surface area (Å²) < 4.78 is 22.4. The van der Waals surface area contributed by atoms with Gasteiger partial charge in [-0.25, -0.2) is 23.5 Å². The Balaban J connectivity index is 2.37. The molecule has 1 atom stereocenters. The number of hydrogen-bond donors (Lipinski definition) is 1. The first kappa shape index (κ1) is 12.4. The molecule has 0 aromatic carbocycles. The second-order valence-electron chi connectivity index (χ2n) is 3.76. The van der Waals surface area contributed by atoms with Crippen LogP contribution in [0.4, 0.5) is 5.82 Å². The van der Waals surface area contributed by atoms with Gasteiger partial charge in [-0.15, -0.1) is 0 Å². The third-order valence-electron chi connectivity index (χ3n) is 2.59. The molecule has 0 aliphatic carbocycles. The minimum absolute atomic E-state index is 0.0269. The molecular weight excluding hydrogens is 258 g/mol. The molecule has 0 bridgehead atoms. The molecular formula is C9H9N5O3S. The minimum atomic E-state index is -3.79. The van der Waals surface area contributed by atoms with E-state index >= 15 is 0 Å². The number of carbonyl (C=O) groups excluding carboxylic acids is 1. The molecule has 2 N–H and O–H groups in total. The van der Waals surface area contributed by atoms with E-state index in [9.17, 15) is 13.2 Å². The number of carbonyl (C=O) groups is 1. The second kappa shape index (κ2) is 4.32. The standard InChI is InChI=1S/C9H9N5O3S/c10-4-7-9(13-2-1-12-7)14-5-6(3-8(14)15)18(11,16)17/h1-2,6H,3,5H2,(H2,11,16,17). The summed E-state index contributed by atoms with van der Waals surface area (Å²) in [5, 5.41) is 12.9. The van der Waals surface area contributed by atoms with E-state index in [1.807, 2.05) is 0 Å². The summed E-state index contributed by atoms with van der Waals surface area (Å²) in [6, 6.07) is 1.80. The normalized spacial score (nSPS) is 19.9. The van der Waals surface area contributed by atoms with E-state index in [1.54, 1.807) is 6.07 Å². The average Bonchev–Trinajstić information content (AvgIpc) is 2.71. The Labute approximate surface area is 103 Å². The lowest BCUT2D eigenvalue weighted by atomic mass is 10.4. The van der Waals surface area contributed by atoms with Crippen LogP contribution in [0.5, 0.6) is 0 Å². The highest BCUT2D eigenvalue weighted by Gasteiger charge is 2.38. The number of amides is 1. The van der Waals surface area contributed by atoms with Gasteiger partial charge in [0.15, 0.2) is 11.5 Å².